The van der Waals surface area contributed by atoms with Gasteiger partial charge in [0.05, 0.1) is 12.1 Å². The van der Waals surface area contributed by atoms with Crippen molar-refractivity contribution < 1.29 is 95.7 Å². The highest BCUT2D eigenvalue weighted by Gasteiger charge is 2.55. The van der Waals surface area contributed by atoms with Crippen LogP contribution in [0.1, 0.15) is 60.4 Å². The highest BCUT2D eigenvalue weighted by molar-refractivity contribution is 8.00. The molecule has 6 atom stereocenters. The third kappa shape index (κ3) is 13.3. The number of nitrogens with zero attached hydrogens (tertiary/aromatic N) is 11. The van der Waals surface area contributed by atoms with Crippen molar-refractivity contribution in [2.45, 2.75) is 87.7 Å². The van der Waals surface area contributed by atoms with Crippen molar-refractivity contribution in [2.75, 3.05) is 61.8 Å². The van der Waals surface area contributed by atoms with E-state index in [1.807, 2.05) is 0 Å². The second-order valence-electron chi connectivity index (χ2n) is 21.4. The molecule has 0 saturated carbocycles. The lowest BCUT2D eigenvalue weighted by atomic mass is 10.0. The number of rotatable bonds is 19. The van der Waals surface area contributed by atoms with Crippen LogP contribution < -0.4 is 38.6 Å². The number of anilines is 2. The second-order valence-corrected chi connectivity index (χ2v) is 25.2. The number of likely N-dealkylation sites (tertiary alicyclic amines) is 4. The molecule has 11 heterocycles. The van der Waals surface area contributed by atoms with Gasteiger partial charge in [-0.3, -0.25) is 39.0 Å². The molecule has 38 nitrogen and oxygen atoms in total. The van der Waals surface area contributed by atoms with Crippen LogP contribution in [0.5, 0.6) is 0 Å². The van der Waals surface area contributed by atoms with Gasteiger partial charge in [0.15, 0.2) is 41.4 Å². The predicted molar refractivity (Wildman–Crippen MR) is 318 cm³/mol. The van der Waals surface area contributed by atoms with Gasteiger partial charge in [0.2, 0.25) is 40.0 Å². The van der Waals surface area contributed by atoms with Crippen LogP contribution >= 0.6 is 46.6 Å². The number of oxime groups is 2. The summed E-state index contributed by atoms with van der Waals surface area (Å²) >= 11 is 3.07. The molecule has 0 unspecified atom stereocenters. The normalized spacial score (nSPS) is 22.9. The Morgan fingerprint density at radius 2 is 1.27 bits per heavy atom. The van der Waals surface area contributed by atoms with Crippen molar-refractivity contribution in [1.82, 2.24) is 59.2 Å². The summed E-state index contributed by atoms with van der Waals surface area (Å²) in [7, 11) is 0. The number of carboxylic acid groups (broad SMARTS) is 2. The first-order valence-electron chi connectivity index (χ1n) is 28.1. The monoisotopic (exact) mass is 1380 g/mol. The van der Waals surface area contributed by atoms with Crippen LogP contribution in [-0.2, 0) is 61.0 Å². The van der Waals surface area contributed by atoms with E-state index in [2.05, 4.69) is 50.3 Å². The number of hydrogen-bond acceptors (Lipinski definition) is 32. The van der Waals surface area contributed by atoms with Gasteiger partial charge in [-0.2, -0.15) is 18.7 Å². The summed E-state index contributed by atoms with van der Waals surface area (Å²) < 4.78 is 37.8. The molecule has 0 aliphatic carbocycles. The summed E-state index contributed by atoms with van der Waals surface area (Å²) in [5.74, 6) is -11.0. The molecule has 0 spiro atoms. The van der Waals surface area contributed by atoms with Crippen LogP contribution in [0.3, 0.4) is 0 Å². The van der Waals surface area contributed by atoms with E-state index < -0.39 is 141 Å². The summed E-state index contributed by atoms with van der Waals surface area (Å²) in [4.78, 5) is 172. The molecule has 5 fully saturated rings. The van der Waals surface area contributed by atoms with Gasteiger partial charge in [-0.05, 0) is 62.8 Å². The largest absolute Gasteiger partial charge is 0.519 e. The molecule has 11 rings (SSSR count). The summed E-state index contributed by atoms with van der Waals surface area (Å²) in [5, 5.41) is 54.0. The number of carbonyl (C=O) groups is 10. The third-order valence-electron chi connectivity index (χ3n) is 15.8. The SMILES string of the molecule is Cc1oc(=O)oc1COC(=O)N1CC[C@@H](N2CCC(=CC3=C(C(=O)O)N[C@@H]([C@H](NC(=O)/C(=N\O)c4nsc(N)n4)C(=O)Nc4nc(/C(=N/O)C(=O)N[C@@H]5C(=O)N6C(C(=O)O)=C(C=C7CCN([C@@H]8CCN(C(=O)OCc9oc(=O)oc9C)C8)C7=O)CS[C@H]56)ns4)SC3)C2=O)C1. The average molecular weight is 1380 g/mol. The van der Waals surface area contributed by atoms with Crippen molar-refractivity contribution in [3.63, 3.8) is 0 Å². The zero-order chi connectivity index (χ0) is 67.0. The molecule has 7 aliphatic heterocycles. The van der Waals surface area contributed by atoms with E-state index >= 15 is 0 Å². The van der Waals surface area contributed by atoms with Crippen molar-refractivity contribution >= 4 is 128 Å². The Kier molecular flexibility index (Phi) is 18.8. The number of β-lactam (4-membered cyclic amide) rings is 1. The Morgan fingerprint density at radius 1 is 0.723 bits per heavy atom. The molecular formula is C52H52N16O22S4. The first kappa shape index (κ1) is 65.1. The number of nitrogen functional groups attached to an aromatic ring is 1. The smallest absolute Gasteiger partial charge is 0.477 e. The Labute approximate surface area is 541 Å². The summed E-state index contributed by atoms with van der Waals surface area (Å²) in [5.41, 5.74) is 3.86. The standard InChI is InChI=1S/C52H52N16O22S4/c1-19-27(89-51(81)87-19)15-85-49(79)64-7-5-25(13-64)66-9-3-21(41(66)72)11-23-17-91-40(56-29(23)45(75)76)32(54-37(69)30(60-83)35-57-47(53)93-62-35)39(71)59-48-58-36(63-94-48)31(61-84)38(70)55-33-43(74)68-34(46(77)78)24(18-92-44(33)68)12-22-4-10-67(42(22)73)26-6-8-65(14-26)50(80)86-16-28-20(2)88-52(82)90-28/h11-12,25-26,32-33,40,44,56,83-84H,3-10,13-18H2,1-2H3,(H,54,69)(H,55,70)(H,75,76)(H,77,78)(H2,53,57,62)(H,58,59,63,71)/b21-11?,22-12?,60-30-,61-31-/t25-,26-,32-,33-,40-,44-/m1/s1. The van der Waals surface area contributed by atoms with Crippen LogP contribution in [0.2, 0.25) is 0 Å². The fraction of sp³-hybridized carbons (Fsp3) is 0.423. The molecule has 10 N–H and O–H groups in total. The number of fused-ring (bicyclic) bond motifs is 1. The van der Waals surface area contributed by atoms with Crippen molar-refractivity contribution in [3.05, 3.63) is 102 Å². The number of aromatic nitrogens is 4. The zero-order valence-electron chi connectivity index (χ0n) is 48.8. The minimum atomic E-state index is -1.81. The molecule has 5 saturated heterocycles. The minimum absolute atomic E-state index is 0.0333. The van der Waals surface area contributed by atoms with Crippen molar-refractivity contribution in [3.8, 4) is 0 Å². The van der Waals surface area contributed by atoms with Gasteiger partial charge >= 0.3 is 35.8 Å². The van der Waals surface area contributed by atoms with Gasteiger partial charge in [0.25, 0.3) is 23.6 Å². The number of amides is 8. The Bertz CT molecular complexity index is 4160. The van der Waals surface area contributed by atoms with Crippen LogP contribution in [0.4, 0.5) is 19.9 Å². The summed E-state index contributed by atoms with van der Waals surface area (Å²) in [6.45, 7) is 3.48. The number of aryl methyl sites for hydroxylation is 2. The number of ether oxygens (including phenoxy) is 2. The maximum absolute atomic E-state index is 14.4. The number of thioether (sulfide) groups is 2. The fourth-order valence-electron chi connectivity index (χ4n) is 11.2. The maximum atomic E-state index is 14.4. The maximum Gasteiger partial charge on any atom is 0.519 e. The first-order valence-corrected chi connectivity index (χ1v) is 31.7. The highest BCUT2D eigenvalue weighted by Crippen LogP contribution is 2.42. The summed E-state index contributed by atoms with van der Waals surface area (Å²) in [6.07, 6.45) is 2.62. The van der Waals surface area contributed by atoms with Gasteiger partial charge < -0.3 is 89.1 Å². The molecule has 0 radical (unpaired) electrons. The Morgan fingerprint density at radius 3 is 1.79 bits per heavy atom. The van der Waals surface area contributed by atoms with Crippen molar-refractivity contribution in [2.24, 2.45) is 10.3 Å². The Balaban J connectivity index is 0.726. The number of aliphatic carboxylic acids is 2. The predicted octanol–water partition coefficient (Wildman–Crippen LogP) is -0.959. The van der Waals surface area contributed by atoms with E-state index in [9.17, 15) is 78.2 Å². The molecule has 8 amide bonds. The lowest BCUT2D eigenvalue weighted by Crippen LogP contribution is -2.71. The van der Waals surface area contributed by atoms with Crippen molar-refractivity contribution in [1.29, 1.82) is 0 Å². The topological polar surface area (TPSA) is 523 Å². The zero-order valence-corrected chi connectivity index (χ0v) is 52.1. The fourth-order valence-corrected chi connectivity index (χ4v) is 14.7. The number of carboxylic acids is 2. The van der Waals surface area contributed by atoms with E-state index in [0.29, 0.717) is 35.9 Å². The second kappa shape index (κ2) is 27.1. The first-order chi connectivity index (χ1) is 45.0. The number of hydrogen-bond donors (Lipinski definition) is 9. The van der Waals surface area contributed by atoms with Crippen LogP contribution in [0, 0.1) is 13.8 Å². The minimum Gasteiger partial charge on any atom is -0.477 e. The van der Waals surface area contributed by atoms with E-state index in [1.165, 1.54) is 35.8 Å². The van der Waals surface area contributed by atoms with Crippen LogP contribution in [0.15, 0.2) is 83.4 Å². The van der Waals surface area contributed by atoms with E-state index in [0.717, 1.165) is 28.4 Å². The van der Waals surface area contributed by atoms with Crippen LogP contribution in [-0.4, -0.2) is 221 Å². The van der Waals surface area contributed by atoms with Crippen LogP contribution in [0.25, 0.3) is 0 Å². The molecule has 0 bridgehead atoms. The highest BCUT2D eigenvalue weighted by atomic mass is 32.2. The summed E-state index contributed by atoms with van der Waals surface area (Å²) in [6, 6.07) is -4.02. The van der Waals surface area contributed by atoms with Gasteiger partial charge in [-0.15, -0.1) is 23.5 Å². The molecular weight excluding hydrogens is 1330 g/mol. The third-order valence-corrected chi connectivity index (χ3v) is 19.5. The molecule has 496 valence electrons. The number of nitrogens with one attached hydrogen (secondary N) is 4. The van der Waals surface area contributed by atoms with E-state index in [1.54, 1.807) is 9.80 Å². The lowest BCUT2D eigenvalue weighted by molar-refractivity contribution is -0.150. The average Bonchev–Trinajstić information content (AvgIpc) is 1.27. The molecule has 4 aromatic rings. The number of allylic oxidation sites excluding steroid dienone is 2. The molecule has 4 aromatic heterocycles. The number of carbonyl (C=O) groups excluding carboxylic acids is 8. The van der Waals surface area contributed by atoms with E-state index in [-0.39, 0.29) is 132 Å². The van der Waals surface area contributed by atoms with E-state index in [4.69, 9.17) is 32.9 Å². The van der Waals surface area contributed by atoms with Gasteiger partial charge in [-0.25, -0.2) is 28.8 Å². The molecule has 0 aromatic carbocycles. The Hall–Kier alpha value is -10.4. The van der Waals surface area contributed by atoms with Gasteiger partial charge in [0, 0.05) is 85.0 Å². The molecule has 94 heavy (non-hydrogen) atoms. The number of nitrogens with two attached hydrogens (primary N) is 1. The lowest BCUT2D eigenvalue weighted by Gasteiger charge is -2.49. The molecule has 42 heteroatoms. The van der Waals surface area contributed by atoms with Gasteiger partial charge in [0.1, 0.15) is 34.2 Å². The molecule has 7 aliphatic rings. The van der Waals surface area contributed by atoms with Gasteiger partial charge in [-0.1, -0.05) is 10.3 Å². The quantitative estimate of drug-likeness (QED) is 0.0179.